The molecule has 3 aliphatic rings. The monoisotopic (exact) mass is 275 g/mol. The van der Waals surface area contributed by atoms with Crippen LogP contribution in [0.25, 0.3) is 0 Å². The largest absolute Gasteiger partial charge is 0.504 e. The molecule has 1 aromatic carbocycles. The molecule has 4 rings (SSSR count). The molecule has 2 aliphatic heterocycles. The lowest BCUT2D eigenvalue weighted by atomic mass is 9.88. The van der Waals surface area contributed by atoms with Gasteiger partial charge < -0.3 is 20.3 Å². The summed E-state index contributed by atoms with van der Waals surface area (Å²) in [5, 5.41) is 10.5. The second-order valence-electron chi connectivity index (χ2n) is 6.39. The molecular formula is C16H21NO3. The van der Waals surface area contributed by atoms with E-state index in [-0.39, 0.29) is 5.54 Å². The normalized spacial score (nSPS) is 22.2. The van der Waals surface area contributed by atoms with E-state index in [1.54, 1.807) is 0 Å². The summed E-state index contributed by atoms with van der Waals surface area (Å²) in [7, 11) is 0. The van der Waals surface area contributed by atoms with Crippen LogP contribution < -0.4 is 15.2 Å². The van der Waals surface area contributed by atoms with Crippen molar-refractivity contribution in [2.45, 2.75) is 50.5 Å². The van der Waals surface area contributed by atoms with Gasteiger partial charge in [-0.3, -0.25) is 0 Å². The minimum absolute atomic E-state index is 0.0588. The number of nitrogens with two attached hydrogens (primary N) is 1. The van der Waals surface area contributed by atoms with Gasteiger partial charge in [0.15, 0.2) is 11.5 Å². The van der Waals surface area contributed by atoms with Gasteiger partial charge in [0.25, 0.3) is 0 Å². The minimum Gasteiger partial charge on any atom is -0.504 e. The molecule has 0 bridgehead atoms. The van der Waals surface area contributed by atoms with Crippen molar-refractivity contribution in [3.05, 3.63) is 16.7 Å². The van der Waals surface area contributed by atoms with E-state index in [9.17, 15) is 5.11 Å². The van der Waals surface area contributed by atoms with Crippen molar-refractivity contribution in [1.82, 2.24) is 0 Å². The molecule has 0 saturated heterocycles. The van der Waals surface area contributed by atoms with Crippen LogP contribution in [0.4, 0.5) is 0 Å². The maximum Gasteiger partial charge on any atom is 0.164 e. The Morgan fingerprint density at radius 3 is 2.35 bits per heavy atom. The van der Waals surface area contributed by atoms with Crippen LogP contribution in [-0.4, -0.2) is 23.9 Å². The van der Waals surface area contributed by atoms with Crippen molar-refractivity contribution in [1.29, 1.82) is 0 Å². The highest BCUT2D eigenvalue weighted by Gasteiger charge is 2.41. The van der Waals surface area contributed by atoms with Gasteiger partial charge in [-0.1, -0.05) is 0 Å². The van der Waals surface area contributed by atoms with E-state index in [1.165, 1.54) is 5.56 Å². The topological polar surface area (TPSA) is 64.7 Å². The van der Waals surface area contributed by atoms with Gasteiger partial charge in [-0.25, -0.2) is 0 Å². The molecule has 0 radical (unpaired) electrons. The Morgan fingerprint density at radius 1 is 1.00 bits per heavy atom. The first-order chi connectivity index (χ1) is 9.68. The zero-order valence-corrected chi connectivity index (χ0v) is 11.7. The van der Waals surface area contributed by atoms with Crippen LogP contribution in [0.2, 0.25) is 0 Å². The van der Waals surface area contributed by atoms with Crippen molar-refractivity contribution >= 4 is 0 Å². The average Bonchev–Trinajstić information content (AvgIpc) is 3.21. The number of aromatic hydroxyl groups is 1. The molecule has 2 heterocycles. The number of benzene rings is 1. The summed E-state index contributed by atoms with van der Waals surface area (Å²) >= 11 is 0. The van der Waals surface area contributed by atoms with E-state index in [2.05, 4.69) is 0 Å². The molecule has 1 fully saturated rings. The lowest BCUT2D eigenvalue weighted by Crippen LogP contribution is -2.27. The van der Waals surface area contributed by atoms with Gasteiger partial charge >= 0.3 is 0 Å². The summed E-state index contributed by atoms with van der Waals surface area (Å²) in [5.41, 5.74) is 9.52. The Hall–Kier alpha value is -1.42. The SMILES string of the molecule is NC1(Cc2c3c(c(O)c4c2OCCC4)OCCC3)CC1. The molecule has 20 heavy (non-hydrogen) atoms. The third-order valence-electron chi connectivity index (χ3n) is 4.74. The predicted molar refractivity (Wildman–Crippen MR) is 75.6 cm³/mol. The first-order valence-corrected chi connectivity index (χ1v) is 7.62. The Morgan fingerprint density at radius 2 is 1.65 bits per heavy atom. The van der Waals surface area contributed by atoms with Crippen molar-refractivity contribution in [2.24, 2.45) is 5.73 Å². The molecule has 0 atom stereocenters. The summed E-state index contributed by atoms with van der Waals surface area (Å²) in [5.74, 6) is 1.90. The number of rotatable bonds is 2. The van der Waals surface area contributed by atoms with Crippen LogP contribution in [0.1, 0.15) is 42.4 Å². The number of hydrogen-bond acceptors (Lipinski definition) is 4. The Kier molecular flexibility index (Phi) is 2.64. The van der Waals surface area contributed by atoms with Crippen LogP contribution in [0.5, 0.6) is 17.2 Å². The third kappa shape index (κ3) is 1.85. The zero-order chi connectivity index (χ0) is 13.7. The number of phenolic OH excluding ortho intramolecular Hbond substituents is 1. The summed E-state index contributed by atoms with van der Waals surface area (Å²) < 4.78 is 11.7. The second kappa shape index (κ2) is 4.29. The lowest BCUT2D eigenvalue weighted by Gasteiger charge is -2.29. The molecule has 1 saturated carbocycles. The van der Waals surface area contributed by atoms with Gasteiger partial charge in [-0.15, -0.1) is 0 Å². The Bertz CT molecular complexity index is 526. The summed E-state index contributed by atoms with van der Waals surface area (Å²) in [4.78, 5) is 0. The molecule has 0 unspecified atom stereocenters. The van der Waals surface area contributed by atoms with Gasteiger partial charge in [0, 0.05) is 22.2 Å². The van der Waals surface area contributed by atoms with E-state index < -0.39 is 0 Å². The quantitative estimate of drug-likeness (QED) is 0.867. The maximum absolute atomic E-state index is 10.5. The molecule has 0 amide bonds. The van der Waals surface area contributed by atoms with Gasteiger partial charge in [-0.05, 0) is 44.9 Å². The Balaban J connectivity index is 1.89. The molecule has 108 valence electrons. The molecule has 0 aromatic heterocycles. The number of ether oxygens (including phenoxy) is 2. The first kappa shape index (κ1) is 12.3. The van der Waals surface area contributed by atoms with E-state index in [0.717, 1.165) is 68.4 Å². The van der Waals surface area contributed by atoms with E-state index in [4.69, 9.17) is 15.2 Å². The minimum atomic E-state index is -0.0588. The first-order valence-electron chi connectivity index (χ1n) is 7.62. The predicted octanol–water partition coefficient (Wildman–Crippen LogP) is 2.08. The van der Waals surface area contributed by atoms with Crippen LogP contribution in [0, 0.1) is 0 Å². The summed E-state index contributed by atoms with van der Waals surface area (Å²) in [6.07, 6.45) is 6.77. The van der Waals surface area contributed by atoms with Crippen LogP contribution >= 0.6 is 0 Å². The zero-order valence-electron chi connectivity index (χ0n) is 11.7. The fraction of sp³-hybridized carbons (Fsp3) is 0.625. The average molecular weight is 275 g/mol. The van der Waals surface area contributed by atoms with Crippen LogP contribution in [0.15, 0.2) is 0 Å². The Labute approximate surface area is 118 Å². The fourth-order valence-corrected chi connectivity index (χ4v) is 3.39. The van der Waals surface area contributed by atoms with Crippen molar-refractivity contribution in [3.8, 4) is 17.2 Å². The smallest absolute Gasteiger partial charge is 0.164 e. The lowest BCUT2D eigenvalue weighted by molar-refractivity contribution is 0.253. The van der Waals surface area contributed by atoms with Gasteiger partial charge in [0.1, 0.15) is 5.75 Å². The molecule has 1 aromatic rings. The number of fused-ring (bicyclic) bond motifs is 2. The molecule has 4 nitrogen and oxygen atoms in total. The number of hydrogen-bond donors (Lipinski definition) is 2. The highest BCUT2D eigenvalue weighted by molar-refractivity contribution is 5.64. The second-order valence-corrected chi connectivity index (χ2v) is 6.39. The molecule has 4 heteroatoms. The van der Waals surface area contributed by atoms with E-state index in [0.29, 0.717) is 18.1 Å². The van der Waals surface area contributed by atoms with Gasteiger partial charge in [-0.2, -0.15) is 0 Å². The highest BCUT2D eigenvalue weighted by atomic mass is 16.5. The van der Waals surface area contributed by atoms with E-state index >= 15 is 0 Å². The van der Waals surface area contributed by atoms with Gasteiger partial charge in [0.05, 0.1) is 13.2 Å². The molecular weight excluding hydrogens is 254 g/mol. The summed E-state index contributed by atoms with van der Waals surface area (Å²) in [6, 6.07) is 0. The standard InChI is InChI=1S/C16H21NO3/c17-16(5-6-16)9-12-10-3-1-8-20-15(10)13(18)11-4-2-7-19-14(11)12/h18H,1-9,17H2. The highest BCUT2D eigenvalue weighted by Crippen LogP contribution is 2.50. The fourth-order valence-electron chi connectivity index (χ4n) is 3.39. The molecule has 0 spiro atoms. The van der Waals surface area contributed by atoms with Crippen molar-refractivity contribution in [3.63, 3.8) is 0 Å². The summed E-state index contributed by atoms with van der Waals surface area (Å²) in [6.45, 7) is 1.42. The third-order valence-corrected chi connectivity index (χ3v) is 4.74. The van der Waals surface area contributed by atoms with Crippen molar-refractivity contribution in [2.75, 3.05) is 13.2 Å². The van der Waals surface area contributed by atoms with Crippen molar-refractivity contribution < 1.29 is 14.6 Å². The molecule has 1 aliphatic carbocycles. The molecule has 3 N–H and O–H groups in total. The van der Waals surface area contributed by atoms with Crippen LogP contribution in [-0.2, 0) is 19.3 Å². The van der Waals surface area contributed by atoms with E-state index in [1.807, 2.05) is 0 Å². The van der Waals surface area contributed by atoms with Crippen LogP contribution in [0.3, 0.4) is 0 Å². The maximum atomic E-state index is 10.5. The van der Waals surface area contributed by atoms with Gasteiger partial charge in [0.2, 0.25) is 0 Å². The number of phenols is 1.